The highest BCUT2D eigenvalue weighted by Gasteiger charge is 2.40. The predicted octanol–water partition coefficient (Wildman–Crippen LogP) is 6.42. The first-order valence-corrected chi connectivity index (χ1v) is 11.5. The number of thioether (sulfide) groups is 1. The number of amides is 2. The molecule has 0 atom stereocenters. The Bertz CT molecular complexity index is 1200. The Hall–Kier alpha value is -3.31. The van der Waals surface area contributed by atoms with E-state index in [9.17, 15) is 9.59 Å². The Morgan fingerprint density at radius 2 is 1.50 bits per heavy atom. The summed E-state index contributed by atoms with van der Waals surface area (Å²) < 4.78 is 0. The van der Waals surface area contributed by atoms with E-state index in [0.29, 0.717) is 22.2 Å². The molecule has 4 rings (SSSR count). The molecule has 1 N–H and O–H groups in total. The zero-order valence-corrected chi connectivity index (χ0v) is 19.5. The van der Waals surface area contributed by atoms with Crippen LogP contribution in [0.2, 0.25) is 0 Å². The van der Waals surface area contributed by atoms with E-state index in [1.165, 1.54) is 22.2 Å². The van der Waals surface area contributed by atoms with Crippen LogP contribution in [0.1, 0.15) is 36.5 Å². The first-order valence-electron chi connectivity index (χ1n) is 10.7. The van der Waals surface area contributed by atoms with E-state index in [1.807, 2.05) is 86.6 Å². The van der Waals surface area contributed by atoms with Gasteiger partial charge in [-0.15, -0.1) is 0 Å². The van der Waals surface area contributed by atoms with Crippen molar-refractivity contribution in [2.24, 2.45) is 0 Å². The molecule has 3 aromatic carbocycles. The quantitative estimate of drug-likeness (QED) is 0.448. The van der Waals surface area contributed by atoms with Crippen molar-refractivity contribution in [1.29, 1.82) is 0 Å². The lowest BCUT2D eigenvalue weighted by atomic mass is 10.0. The third-order valence-corrected chi connectivity index (χ3v) is 6.69. The highest BCUT2D eigenvalue weighted by atomic mass is 32.2. The van der Waals surface area contributed by atoms with Crippen LogP contribution < -0.4 is 10.2 Å². The number of hydrogen-bond donors (Lipinski definition) is 1. The van der Waals surface area contributed by atoms with Gasteiger partial charge in [0.05, 0.1) is 5.69 Å². The molecule has 1 aliphatic rings. The van der Waals surface area contributed by atoms with E-state index in [-0.39, 0.29) is 11.8 Å². The van der Waals surface area contributed by atoms with E-state index in [4.69, 9.17) is 0 Å². The third kappa shape index (κ3) is 4.34. The number of imide groups is 1. The van der Waals surface area contributed by atoms with E-state index in [2.05, 4.69) is 19.2 Å². The molecule has 3 aromatic rings. The molecule has 0 spiro atoms. The van der Waals surface area contributed by atoms with E-state index < -0.39 is 0 Å². The lowest BCUT2D eigenvalue weighted by Crippen LogP contribution is -2.32. The van der Waals surface area contributed by atoms with Crippen molar-refractivity contribution in [3.63, 3.8) is 0 Å². The van der Waals surface area contributed by atoms with Gasteiger partial charge in [0.2, 0.25) is 0 Å². The maximum absolute atomic E-state index is 13.5. The van der Waals surface area contributed by atoms with Gasteiger partial charge in [0.25, 0.3) is 11.8 Å². The number of nitrogens with one attached hydrogen (secondary N) is 1. The number of anilines is 2. The summed E-state index contributed by atoms with van der Waals surface area (Å²) >= 11 is 1.31. The van der Waals surface area contributed by atoms with E-state index in [0.717, 1.165) is 21.7 Å². The van der Waals surface area contributed by atoms with Crippen LogP contribution in [0.3, 0.4) is 0 Å². The van der Waals surface area contributed by atoms with Gasteiger partial charge in [-0.1, -0.05) is 62.0 Å². The summed E-state index contributed by atoms with van der Waals surface area (Å²) in [5, 5.41) is 3.24. The molecule has 0 aliphatic carbocycles. The van der Waals surface area contributed by atoms with Gasteiger partial charge in [-0.2, -0.15) is 0 Å². The highest BCUT2D eigenvalue weighted by molar-refractivity contribution is 8.04. The Morgan fingerprint density at radius 1 is 0.812 bits per heavy atom. The van der Waals surface area contributed by atoms with E-state index in [1.54, 1.807) is 0 Å². The smallest absolute Gasteiger partial charge is 0.283 e. The summed E-state index contributed by atoms with van der Waals surface area (Å²) in [5.74, 6) is -0.283. The van der Waals surface area contributed by atoms with Gasteiger partial charge in [0.15, 0.2) is 0 Å². The minimum atomic E-state index is -0.344. The topological polar surface area (TPSA) is 49.4 Å². The second kappa shape index (κ2) is 9.05. The molecule has 0 saturated carbocycles. The Kier molecular flexibility index (Phi) is 6.19. The van der Waals surface area contributed by atoms with Gasteiger partial charge >= 0.3 is 0 Å². The minimum absolute atomic E-state index is 0.306. The average Bonchev–Trinajstić information content (AvgIpc) is 3.01. The molecule has 0 fully saturated rings. The standard InChI is InChI=1S/C27H26N2O2S/c1-17(2)20-11-14-22(15-12-20)29-26(30)24(28-21-13-10-18(3)19(4)16-21)25(27(29)31)32-23-8-6-5-7-9-23/h5-17,28H,1-4H3. The lowest BCUT2D eigenvalue weighted by Gasteiger charge is -2.16. The van der Waals surface area contributed by atoms with Crippen molar-refractivity contribution < 1.29 is 9.59 Å². The predicted molar refractivity (Wildman–Crippen MR) is 132 cm³/mol. The van der Waals surface area contributed by atoms with Crippen LogP contribution in [0.5, 0.6) is 0 Å². The fourth-order valence-electron chi connectivity index (χ4n) is 3.53. The van der Waals surface area contributed by atoms with Gasteiger partial charge in [-0.25, -0.2) is 4.90 Å². The number of hydrogen-bond acceptors (Lipinski definition) is 4. The minimum Gasteiger partial charge on any atom is -0.350 e. The van der Waals surface area contributed by atoms with Gasteiger partial charge < -0.3 is 5.32 Å². The Labute approximate surface area is 193 Å². The molecule has 1 aliphatic heterocycles. The van der Waals surface area contributed by atoms with Gasteiger partial charge in [0, 0.05) is 10.6 Å². The van der Waals surface area contributed by atoms with E-state index >= 15 is 0 Å². The lowest BCUT2D eigenvalue weighted by molar-refractivity contribution is -0.120. The van der Waals surface area contributed by atoms with Crippen LogP contribution in [0.4, 0.5) is 11.4 Å². The van der Waals surface area contributed by atoms with Crippen molar-refractivity contribution >= 4 is 35.0 Å². The molecule has 0 bridgehead atoms. The van der Waals surface area contributed by atoms with Gasteiger partial charge in [-0.05, 0) is 72.9 Å². The van der Waals surface area contributed by atoms with Crippen LogP contribution in [-0.4, -0.2) is 11.8 Å². The normalized spacial score (nSPS) is 14.0. The van der Waals surface area contributed by atoms with Crippen molar-refractivity contribution in [3.05, 3.63) is 100 Å². The maximum atomic E-state index is 13.5. The molecule has 0 aromatic heterocycles. The molecule has 2 amide bonds. The molecular weight excluding hydrogens is 416 g/mol. The fraction of sp³-hybridized carbons (Fsp3) is 0.185. The average molecular weight is 443 g/mol. The zero-order valence-electron chi connectivity index (χ0n) is 18.7. The molecular formula is C27H26N2O2S. The summed E-state index contributed by atoms with van der Waals surface area (Å²) in [6.07, 6.45) is 0. The van der Waals surface area contributed by atoms with Gasteiger partial charge in [-0.3, -0.25) is 9.59 Å². The molecule has 32 heavy (non-hydrogen) atoms. The number of carbonyl (C=O) groups is 2. The number of nitrogens with zero attached hydrogens (tertiary/aromatic N) is 1. The van der Waals surface area contributed by atoms with Crippen LogP contribution in [-0.2, 0) is 9.59 Å². The van der Waals surface area contributed by atoms with Crippen molar-refractivity contribution in [1.82, 2.24) is 0 Å². The van der Waals surface area contributed by atoms with Crippen molar-refractivity contribution in [2.75, 3.05) is 10.2 Å². The fourth-order valence-corrected chi connectivity index (χ4v) is 4.48. The van der Waals surface area contributed by atoms with Gasteiger partial charge in [0.1, 0.15) is 10.6 Å². The molecule has 5 heteroatoms. The van der Waals surface area contributed by atoms with Crippen LogP contribution >= 0.6 is 11.8 Å². The molecule has 162 valence electrons. The SMILES string of the molecule is Cc1ccc(NC2=C(Sc3ccccc3)C(=O)N(c3ccc(C(C)C)cc3)C2=O)cc1C. The largest absolute Gasteiger partial charge is 0.350 e. The number of aryl methyl sites for hydroxylation is 2. The maximum Gasteiger partial charge on any atom is 0.283 e. The van der Waals surface area contributed by atoms with Crippen molar-refractivity contribution in [2.45, 2.75) is 38.5 Å². The summed E-state index contributed by atoms with van der Waals surface area (Å²) in [5.41, 5.74) is 5.11. The molecule has 0 radical (unpaired) electrons. The molecule has 4 nitrogen and oxygen atoms in total. The second-order valence-electron chi connectivity index (χ2n) is 8.24. The third-order valence-electron chi connectivity index (χ3n) is 5.60. The summed E-state index contributed by atoms with van der Waals surface area (Å²) in [7, 11) is 0. The Balaban J connectivity index is 1.72. The number of rotatable bonds is 6. The van der Waals surface area contributed by atoms with Crippen LogP contribution in [0, 0.1) is 13.8 Å². The monoisotopic (exact) mass is 442 g/mol. The highest BCUT2D eigenvalue weighted by Crippen LogP contribution is 2.38. The summed E-state index contributed by atoms with van der Waals surface area (Å²) in [4.78, 5) is 29.5. The second-order valence-corrected chi connectivity index (χ2v) is 9.32. The molecule has 1 heterocycles. The first-order chi connectivity index (χ1) is 15.3. The number of benzene rings is 3. The molecule has 0 unspecified atom stereocenters. The van der Waals surface area contributed by atoms with Crippen molar-refractivity contribution in [3.8, 4) is 0 Å². The first kappa shape index (κ1) is 21.9. The van der Waals surface area contributed by atoms with Crippen LogP contribution in [0.15, 0.2) is 88.3 Å². The Morgan fingerprint density at radius 3 is 2.12 bits per heavy atom. The summed E-state index contributed by atoms with van der Waals surface area (Å²) in [6, 6.07) is 23.2. The summed E-state index contributed by atoms with van der Waals surface area (Å²) in [6.45, 7) is 8.30. The zero-order chi connectivity index (χ0) is 22.8. The van der Waals surface area contributed by atoms with Crippen LogP contribution in [0.25, 0.3) is 0 Å². The molecule has 0 saturated heterocycles. The number of carbonyl (C=O) groups excluding carboxylic acids is 2.